The Morgan fingerprint density at radius 1 is 1.27 bits per heavy atom. The molecule has 0 saturated carbocycles. The predicted molar refractivity (Wildman–Crippen MR) is 109 cm³/mol. The van der Waals surface area contributed by atoms with Crippen LogP contribution in [0.2, 0.25) is 5.02 Å². The van der Waals surface area contributed by atoms with Gasteiger partial charge >= 0.3 is 0 Å². The Bertz CT molecular complexity index is 1090. The van der Waals surface area contributed by atoms with E-state index in [1.54, 1.807) is 10.7 Å². The molecule has 2 aliphatic heterocycles. The van der Waals surface area contributed by atoms with Crippen LogP contribution in [-0.4, -0.2) is 43.9 Å². The Balaban J connectivity index is 1.34. The average molecular weight is 428 g/mol. The van der Waals surface area contributed by atoms with E-state index in [-0.39, 0.29) is 11.8 Å². The van der Waals surface area contributed by atoms with Gasteiger partial charge in [0.2, 0.25) is 5.91 Å². The first-order chi connectivity index (χ1) is 14.6. The van der Waals surface area contributed by atoms with Gasteiger partial charge in [0.05, 0.1) is 25.2 Å². The van der Waals surface area contributed by atoms with Crippen molar-refractivity contribution in [3.05, 3.63) is 51.9 Å². The van der Waals surface area contributed by atoms with Gasteiger partial charge in [0, 0.05) is 36.8 Å². The quantitative estimate of drug-likeness (QED) is 0.636. The number of carbonyl (C=O) groups excluding carboxylic acids is 1. The summed E-state index contributed by atoms with van der Waals surface area (Å²) in [6.07, 6.45) is 2.10. The molecule has 0 spiro atoms. The third kappa shape index (κ3) is 3.61. The molecule has 1 aromatic carbocycles. The molecule has 0 bridgehead atoms. The molecular weight excluding hydrogens is 406 g/mol. The monoisotopic (exact) mass is 427 g/mol. The largest absolute Gasteiger partial charge is 0.381 e. The highest BCUT2D eigenvalue weighted by molar-refractivity contribution is 6.30. The van der Waals surface area contributed by atoms with E-state index in [4.69, 9.17) is 20.9 Å². The number of nitrogens with zero attached hydrogens (tertiary/aromatic N) is 5. The Kier molecular flexibility index (Phi) is 5.04. The van der Waals surface area contributed by atoms with Crippen molar-refractivity contribution in [3.8, 4) is 11.6 Å². The minimum Gasteiger partial charge on any atom is -0.381 e. The zero-order valence-electron chi connectivity index (χ0n) is 16.7. The number of halogens is 1. The van der Waals surface area contributed by atoms with Gasteiger partial charge in [0.1, 0.15) is 0 Å². The lowest BCUT2D eigenvalue weighted by atomic mass is 10.00. The van der Waals surface area contributed by atoms with Crippen LogP contribution in [0.1, 0.15) is 41.4 Å². The highest BCUT2D eigenvalue weighted by atomic mass is 35.5. The van der Waals surface area contributed by atoms with E-state index < -0.39 is 0 Å². The van der Waals surface area contributed by atoms with Gasteiger partial charge in [-0.15, -0.1) is 0 Å². The number of ether oxygens (including phenoxy) is 1. The fourth-order valence-corrected chi connectivity index (χ4v) is 4.34. The van der Waals surface area contributed by atoms with Gasteiger partial charge in [-0.05, 0) is 30.5 Å². The first-order valence-electron chi connectivity index (χ1n) is 10.1. The molecular formula is C21H22ClN5O3. The zero-order chi connectivity index (χ0) is 20.7. The first kappa shape index (κ1) is 19.3. The number of hydrogen-bond acceptors (Lipinski definition) is 6. The fraction of sp³-hybridized carbons (Fsp3) is 0.429. The van der Waals surface area contributed by atoms with E-state index in [1.165, 1.54) is 0 Å². The average Bonchev–Trinajstić information content (AvgIpc) is 3.46. The van der Waals surface area contributed by atoms with Crippen LogP contribution in [0.5, 0.6) is 0 Å². The van der Waals surface area contributed by atoms with Crippen molar-refractivity contribution < 1.29 is 14.1 Å². The van der Waals surface area contributed by atoms with Crippen molar-refractivity contribution >= 4 is 17.5 Å². The number of amides is 1. The van der Waals surface area contributed by atoms with Crippen LogP contribution >= 0.6 is 11.6 Å². The van der Waals surface area contributed by atoms with Crippen LogP contribution in [0.15, 0.2) is 28.8 Å². The third-order valence-electron chi connectivity index (χ3n) is 5.79. The van der Waals surface area contributed by atoms with Crippen molar-refractivity contribution in [3.63, 3.8) is 0 Å². The number of hydrogen-bond donors (Lipinski definition) is 0. The molecule has 2 aliphatic rings. The number of benzene rings is 1. The molecule has 1 saturated heterocycles. The highest BCUT2D eigenvalue weighted by Gasteiger charge is 2.32. The molecule has 3 aromatic rings. The Labute approximate surface area is 178 Å². The Morgan fingerprint density at radius 3 is 2.90 bits per heavy atom. The lowest BCUT2D eigenvalue weighted by Crippen LogP contribution is -2.27. The van der Waals surface area contributed by atoms with Crippen LogP contribution < -0.4 is 0 Å². The van der Waals surface area contributed by atoms with Crippen LogP contribution in [-0.2, 0) is 36.1 Å². The maximum absolute atomic E-state index is 12.9. The van der Waals surface area contributed by atoms with Crippen molar-refractivity contribution in [1.29, 1.82) is 0 Å². The molecule has 2 aromatic heterocycles. The molecule has 1 amide bonds. The summed E-state index contributed by atoms with van der Waals surface area (Å²) in [6, 6.07) is 7.40. The van der Waals surface area contributed by atoms with E-state index >= 15 is 0 Å². The molecule has 156 valence electrons. The molecule has 9 heteroatoms. The predicted octanol–water partition coefficient (Wildman–Crippen LogP) is 3.10. The highest BCUT2D eigenvalue weighted by Crippen LogP contribution is 2.33. The summed E-state index contributed by atoms with van der Waals surface area (Å²) in [6.45, 7) is 2.43. The van der Waals surface area contributed by atoms with E-state index in [2.05, 4.69) is 15.2 Å². The van der Waals surface area contributed by atoms with Gasteiger partial charge in [-0.2, -0.15) is 10.1 Å². The number of aryl methyl sites for hydroxylation is 1. The van der Waals surface area contributed by atoms with Crippen LogP contribution in [0.25, 0.3) is 11.6 Å². The molecule has 5 rings (SSSR count). The zero-order valence-corrected chi connectivity index (χ0v) is 17.4. The maximum Gasteiger partial charge on any atom is 0.278 e. The minimum absolute atomic E-state index is 0.0489. The second-order valence-corrected chi connectivity index (χ2v) is 8.23. The van der Waals surface area contributed by atoms with Gasteiger partial charge < -0.3 is 14.2 Å². The molecule has 0 radical (unpaired) electrons. The second-order valence-electron chi connectivity index (χ2n) is 7.80. The van der Waals surface area contributed by atoms with Crippen molar-refractivity contribution in [2.75, 3.05) is 13.2 Å². The number of aromatic nitrogens is 4. The van der Waals surface area contributed by atoms with E-state index in [1.807, 2.05) is 30.1 Å². The summed E-state index contributed by atoms with van der Waals surface area (Å²) in [4.78, 5) is 19.3. The maximum atomic E-state index is 12.9. The van der Waals surface area contributed by atoms with Gasteiger partial charge in [0.15, 0.2) is 11.5 Å². The molecule has 0 aliphatic carbocycles. The Hall–Kier alpha value is -2.71. The number of rotatable bonds is 4. The van der Waals surface area contributed by atoms with Crippen molar-refractivity contribution in [2.24, 2.45) is 7.05 Å². The summed E-state index contributed by atoms with van der Waals surface area (Å²) >= 11 is 6.04. The van der Waals surface area contributed by atoms with Gasteiger partial charge in [-0.3, -0.25) is 9.48 Å². The summed E-state index contributed by atoms with van der Waals surface area (Å²) in [5, 5.41) is 9.41. The fourth-order valence-electron chi connectivity index (χ4n) is 4.13. The minimum atomic E-state index is 0.0489. The SMILES string of the molecule is Cn1nc(-c2nc(C3CCOCC3)no2)c2c1CN(C(=O)Cc1cccc(Cl)c1)C2. The topological polar surface area (TPSA) is 86.3 Å². The van der Waals surface area contributed by atoms with E-state index in [0.29, 0.717) is 41.9 Å². The van der Waals surface area contributed by atoms with E-state index in [0.717, 1.165) is 42.9 Å². The molecule has 0 atom stereocenters. The van der Waals surface area contributed by atoms with Crippen molar-refractivity contribution in [1.82, 2.24) is 24.8 Å². The molecule has 1 fully saturated rings. The van der Waals surface area contributed by atoms with Gasteiger partial charge in [-0.1, -0.05) is 28.9 Å². The third-order valence-corrected chi connectivity index (χ3v) is 6.03. The van der Waals surface area contributed by atoms with Crippen LogP contribution in [0.4, 0.5) is 0 Å². The first-order valence-corrected chi connectivity index (χ1v) is 10.4. The summed E-state index contributed by atoms with van der Waals surface area (Å²) in [5.41, 5.74) is 3.53. The second kappa shape index (κ2) is 7.85. The summed E-state index contributed by atoms with van der Waals surface area (Å²) < 4.78 is 12.8. The number of carbonyl (C=O) groups is 1. The molecule has 0 unspecified atom stereocenters. The summed E-state index contributed by atoms with van der Waals surface area (Å²) in [5.74, 6) is 1.42. The lowest BCUT2D eigenvalue weighted by Gasteiger charge is -2.18. The van der Waals surface area contributed by atoms with Gasteiger partial charge in [0.25, 0.3) is 5.89 Å². The van der Waals surface area contributed by atoms with Gasteiger partial charge in [-0.25, -0.2) is 0 Å². The lowest BCUT2D eigenvalue weighted by molar-refractivity contribution is -0.131. The Morgan fingerprint density at radius 2 is 2.10 bits per heavy atom. The molecule has 4 heterocycles. The van der Waals surface area contributed by atoms with Crippen molar-refractivity contribution in [2.45, 2.75) is 38.3 Å². The number of fused-ring (bicyclic) bond motifs is 1. The summed E-state index contributed by atoms with van der Waals surface area (Å²) in [7, 11) is 1.88. The molecule has 8 nitrogen and oxygen atoms in total. The van der Waals surface area contributed by atoms with E-state index in [9.17, 15) is 4.79 Å². The standard InChI is InChI=1S/C21H22ClN5O3/c1-26-17-12-27(18(28)10-13-3-2-4-15(22)9-13)11-16(17)19(24-26)21-23-20(25-30-21)14-5-7-29-8-6-14/h2-4,9,14H,5-8,10-12H2,1H3. The molecule has 0 N–H and O–H groups in total. The van der Waals surface area contributed by atoms with Crippen LogP contribution in [0, 0.1) is 0 Å². The van der Waals surface area contributed by atoms with Crippen LogP contribution in [0.3, 0.4) is 0 Å². The molecule has 30 heavy (non-hydrogen) atoms. The normalized spacial score (nSPS) is 16.8. The smallest absolute Gasteiger partial charge is 0.278 e.